The highest BCUT2D eigenvalue weighted by atomic mass is 16.5. The highest BCUT2D eigenvalue weighted by Gasteiger charge is 1.98. The Kier molecular flexibility index (Phi) is 5.60. The largest absolute Gasteiger partial charge is 0.489 e. The van der Waals surface area contributed by atoms with Gasteiger partial charge in [0, 0.05) is 18.8 Å². The molecule has 1 aromatic heterocycles. The first-order valence-corrected chi connectivity index (χ1v) is 5.25. The zero-order chi connectivity index (χ0) is 11.8. The van der Waals surface area contributed by atoms with E-state index in [-0.39, 0.29) is 0 Å². The first-order valence-electron chi connectivity index (χ1n) is 5.25. The Bertz CT molecular complexity index is 305. The molecule has 5 nitrogen and oxygen atoms in total. The number of nitrogen functional groups attached to an aromatic ring is 1. The number of hydrogen-bond acceptors (Lipinski definition) is 5. The molecular weight excluding hydrogens is 206 g/mol. The van der Waals surface area contributed by atoms with Crippen LogP contribution in [0.5, 0.6) is 5.75 Å². The molecule has 0 amide bonds. The van der Waals surface area contributed by atoms with E-state index < -0.39 is 0 Å². The van der Waals surface area contributed by atoms with Crippen LogP contribution in [0.15, 0.2) is 18.5 Å². The summed E-state index contributed by atoms with van der Waals surface area (Å²) in [6.45, 7) is 2.69. The van der Waals surface area contributed by atoms with Crippen LogP contribution in [-0.4, -0.2) is 50.3 Å². The number of aromatic nitrogens is 1. The zero-order valence-electron chi connectivity index (χ0n) is 9.85. The van der Waals surface area contributed by atoms with E-state index in [1.807, 2.05) is 14.1 Å². The summed E-state index contributed by atoms with van der Waals surface area (Å²) < 4.78 is 10.8. The Labute approximate surface area is 96.2 Å². The van der Waals surface area contributed by atoms with Gasteiger partial charge >= 0.3 is 0 Å². The topological polar surface area (TPSA) is 60.6 Å². The summed E-state index contributed by atoms with van der Waals surface area (Å²) in [6, 6.07) is 1.75. The van der Waals surface area contributed by atoms with E-state index in [1.54, 1.807) is 18.5 Å². The molecule has 2 N–H and O–H groups in total. The van der Waals surface area contributed by atoms with Crippen LogP contribution in [0.2, 0.25) is 0 Å². The van der Waals surface area contributed by atoms with E-state index in [0.717, 1.165) is 6.54 Å². The molecule has 16 heavy (non-hydrogen) atoms. The molecule has 0 radical (unpaired) electrons. The lowest BCUT2D eigenvalue weighted by Gasteiger charge is -2.11. The number of likely N-dealkylation sites (N-methyl/N-ethyl adjacent to an activating group) is 1. The van der Waals surface area contributed by atoms with E-state index in [2.05, 4.69) is 9.88 Å². The van der Waals surface area contributed by atoms with Crippen molar-refractivity contribution in [2.45, 2.75) is 0 Å². The molecule has 1 aromatic rings. The lowest BCUT2D eigenvalue weighted by Crippen LogP contribution is -2.19. The third kappa shape index (κ3) is 4.95. The minimum atomic E-state index is 0.502. The fourth-order valence-corrected chi connectivity index (χ4v) is 1.09. The van der Waals surface area contributed by atoms with Gasteiger partial charge in [0.15, 0.2) is 0 Å². The quantitative estimate of drug-likeness (QED) is 0.689. The number of rotatable bonds is 7. The van der Waals surface area contributed by atoms with Crippen molar-refractivity contribution in [1.29, 1.82) is 0 Å². The molecule has 1 heterocycles. The first kappa shape index (κ1) is 12.7. The molecule has 0 aliphatic rings. The Hall–Kier alpha value is -1.33. The van der Waals surface area contributed by atoms with Crippen molar-refractivity contribution in [3.8, 4) is 5.75 Å². The second-order valence-electron chi connectivity index (χ2n) is 3.68. The van der Waals surface area contributed by atoms with E-state index in [9.17, 15) is 0 Å². The molecule has 90 valence electrons. The average molecular weight is 225 g/mol. The molecule has 0 aliphatic heterocycles. The van der Waals surface area contributed by atoms with Crippen molar-refractivity contribution in [2.24, 2.45) is 0 Å². The summed E-state index contributed by atoms with van der Waals surface area (Å²) in [5.41, 5.74) is 6.22. The van der Waals surface area contributed by atoms with E-state index in [4.69, 9.17) is 15.2 Å². The van der Waals surface area contributed by atoms with Gasteiger partial charge in [0.25, 0.3) is 0 Å². The van der Waals surface area contributed by atoms with Gasteiger partial charge in [-0.1, -0.05) is 0 Å². The zero-order valence-corrected chi connectivity index (χ0v) is 9.85. The van der Waals surface area contributed by atoms with Crippen molar-refractivity contribution in [1.82, 2.24) is 9.88 Å². The van der Waals surface area contributed by atoms with Crippen molar-refractivity contribution in [3.63, 3.8) is 0 Å². The molecule has 0 aliphatic carbocycles. The maximum Gasteiger partial charge on any atom is 0.145 e. The van der Waals surface area contributed by atoms with Gasteiger partial charge in [-0.2, -0.15) is 0 Å². The fourth-order valence-electron chi connectivity index (χ4n) is 1.09. The summed E-state index contributed by atoms with van der Waals surface area (Å²) in [4.78, 5) is 5.95. The second kappa shape index (κ2) is 7.03. The summed E-state index contributed by atoms with van der Waals surface area (Å²) in [5.74, 6) is 0.659. The standard InChI is InChI=1S/C11H19N3O2/c1-14(2)5-6-15-7-8-16-11-3-4-13-9-10(11)12/h3-4,9H,5-8,12H2,1-2H3. The number of ether oxygens (including phenoxy) is 2. The average Bonchev–Trinajstić information content (AvgIpc) is 2.25. The third-order valence-corrected chi connectivity index (χ3v) is 1.98. The summed E-state index contributed by atoms with van der Waals surface area (Å²) in [5, 5.41) is 0. The number of hydrogen-bond donors (Lipinski definition) is 1. The summed E-state index contributed by atoms with van der Waals surface area (Å²) in [6.07, 6.45) is 3.22. The van der Waals surface area contributed by atoms with Gasteiger partial charge in [-0.15, -0.1) is 0 Å². The Morgan fingerprint density at radius 3 is 2.81 bits per heavy atom. The van der Waals surface area contributed by atoms with Gasteiger partial charge in [0.1, 0.15) is 12.4 Å². The van der Waals surface area contributed by atoms with Crippen LogP contribution >= 0.6 is 0 Å². The van der Waals surface area contributed by atoms with Crippen LogP contribution in [-0.2, 0) is 4.74 Å². The molecular formula is C11H19N3O2. The maximum absolute atomic E-state index is 5.67. The number of nitrogens with zero attached hydrogens (tertiary/aromatic N) is 2. The SMILES string of the molecule is CN(C)CCOCCOc1ccncc1N. The van der Waals surface area contributed by atoms with Crippen molar-refractivity contribution in [2.75, 3.05) is 46.2 Å². The molecule has 1 rings (SSSR count). The van der Waals surface area contributed by atoms with Crippen LogP contribution in [0.4, 0.5) is 5.69 Å². The van der Waals surface area contributed by atoms with E-state index in [1.165, 1.54) is 0 Å². The maximum atomic E-state index is 5.67. The first-order chi connectivity index (χ1) is 7.70. The minimum absolute atomic E-state index is 0.502. The van der Waals surface area contributed by atoms with Crippen molar-refractivity contribution < 1.29 is 9.47 Å². The second-order valence-corrected chi connectivity index (χ2v) is 3.68. The molecule has 0 unspecified atom stereocenters. The highest BCUT2D eigenvalue weighted by Crippen LogP contribution is 2.17. The molecule has 0 fully saturated rings. The van der Waals surface area contributed by atoms with Crippen LogP contribution in [0.1, 0.15) is 0 Å². The number of anilines is 1. The van der Waals surface area contributed by atoms with Gasteiger partial charge in [0.2, 0.25) is 0 Å². The molecule has 5 heteroatoms. The predicted molar refractivity (Wildman–Crippen MR) is 63.5 cm³/mol. The fraction of sp³-hybridized carbons (Fsp3) is 0.545. The molecule has 0 saturated carbocycles. The Morgan fingerprint density at radius 1 is 1.31 bits per heavy atom. The summed E-state index contributed by atoms with van der Waals surface area (Å²) >= 11 is 0. The van der Waals surface area contributed by atoms with Crippen LogP contribution < -0.4 is 10.5 Å². The van der Waals surface area contributed by atoms with Crippen LogP contribution in [0.25, 0.3) is 0 Å². The molecule has 0 saturated heterocycles. The van der Waals surface area contributed by atoms with Gasteiger partial charge in [0.05, 0.1) is 25.1 Å². The smallest absolute Gasteiger partial charge is 0.145 e. The highest BCUT2D eigenvalue weighted by molar-refractivity contribution is 5.49. The van der Waals surface area contributed by atoms with Crippen molar-refractivity contribution >= 4 is 5.69 Å². The van der Waals surface area contributed by atoms with E-state index >= 15 is 0 Å². The predicted octanol–water partition coefficient (Wildman–Crippen LogP) is 0.621. The summed E-state index contributed by atoms with van der Waals surface area (Å²) in [7, 11) is 4.02. The molecule has 0 atom stereocenters. The lowest BCUT2D eigenvalue weighted by molar-refractivity contribution is 0.0892. The normalized spacial score (nSPS) is 10.7. The van der Waals surface area contributed by atoms with Crippen LogP contribution in [0, 0.1) is 0 Å². The van der Waals surface area contributed by atoms with Gasteiger partial charge in [-0.05, 0) is 14.1 Å². The van der Waals surface area contributed by atoms with Crippen molar-refractivity contribution in [3.05, 3.63) is 18.5 Å². The minimum Gasteiger partial charge on any atom is -0.489 e. The van der Waals surface area contributed by atoms with Crippen LogP contribution in [0.3, 0.4) is 0 Å². The lowest BCUT2D eigenvalue weighted by atomic mass is 10.4. The molecule has 0 aromatic carbocycles. The Balaban J connectivity index is 2.10. The number of pyridine rings is 1. The van der Waals surface area contributed by atoms with Gasteiger partial charge in [-0.3, -0.25) is 4.98 Å². The van der Waals surface area contributed by atoms with E-state index in [0.29, 0.717) is 31.3 Å². The number of nitrogens with two attached hydrogens (primary N) is 1. The third-order valence-electron chi connectivity index (χ3n) is 1.98. The van der Waals surface area contributed by atoms with Gasteiger partial charge in [-0.25, -0.2) is 0 Å². The monoisotopic (exact) mass is 225 g/mol. The van der Waals surface area contributed by atoms with Gasteiger partial charge < -0.3 is 20.1 Å². The molecule has 0 bridgehead atoms. The Morgan fingerprint density at radius 2 is 2.12 bits per heavy atom. The molecule has 0 spiro atoms.